The zero-order valence-corrected chi connectivity index (χ0v) is 12.2. The van der Waals surface area contributed by atoms with E-state index in [-0.39, 0.29) is 17.7 Å². The largest absolute Gasteiger partial charge is 0.457 e. The van der Waals surface area contributed by atoms with E-state index in [9.17, 15) is 8.78 Å². The first kappa shape index (κ1) is 15.4. The van der Waals surface area contributed by atoms with Crippen LogP contribution in [0.1, 0.15) is 24.5 Å². The molecular formula is C17H19F2NO. The van der Waals surface area contributed by atoms with E-state index in [1.807, 2.05) is 6.92 Å². The van der Waals surface area contributed by atoms with E-state index in [0.29, 0.717) is 29.0 Å². The minimum absolute atomic E-state index is 0.126. The van der Waals surface area contributed by atoms with E-state index in [1.165, 1.54) is 18.2 Å². The Labute approximate surface area is 123 Å². The molecule has 2 rings (SSSR count). The zero-order valence-electron chi connectivity index (χ0n) is 12.2. The summed E-state index contributed by atoms with van der Waals surface area (Å²) in [6.07, 6.45) is 1.15. The second kappa shape index (κ2) is 6.68. The Kier molecular flexibility index (Phi) is 4.91. The highest BCUT2D eigenvalue weighted by Gasteiger charge is 2.14. The predicted molar refractivity (Wildman–Crippen MR) is 79.6 cm³/mol. The van der Waals surface area contributed by atoms with E-state index in [0.717, 1.165) is 6.42 Å². The molecular weight excluding hydrogens is 272 g/mol. The van der Waals surface area contributed by atoms with Crippen molar-refractivity contribution in [1.82, 2.24) is 0 Å². The van der Waals surface area contributed by atoms with E-state index in [4.69, 9.17) is 10.5 Å². The van der Waals surface area contributed by atoms with Gasteiger partial charge in [-0.1, -0.05) is 13.0 Å². The van der Waals surface area contributed by atoms with Crippen LogP contribution in [-0.2, 0) is 6.42 Å². The van der Waals surface area contributed by atoms with Gasteiger partial charge in [-0.3, -0.25) is 0 Å². The smallest absolute Gasteiger partial charge is 0.133 e. The lowest BCUT2D eigenvalue weighted by molar-refractivity contribution is 0.459. The molecule has 0 aromatic heterocycles. The van der Waals surface area contributed by atoms with Gasteiger partial charge in [-0.15, -0.1) is 0 Å². The molecule has 1 unspecified atom stereocenters. The molecule has 0 aliphatic rings. The molecule has 0 fully saturated rings. The third-order valence-corrected chi connectivity index (χ3v) is 3.42. The summed E-state index contributed by atoms with van der Waals surface area (Å²) in [4.78, 5) is 0. The van der Waals surface area contributed by atoms with Gasteiger partial charge in [-0.2, -0.15) is 0 Å². The molecule has 2 nitrogen and oxygen atoms in total. The lowest BCUT2D eigenvalue weighted by Gasteiger charge is -2.15. The third-order valence-electron chi connectivity index (χ3n) is 3.42. The number of nitrogens with two attached hydrogens (primary N) is 1. The summed E-state index contributed by atoms with van der Waals surface area (Å²) in [6, 6.07) is 8.99. The first-order valence-corrected chi connectivity index (χ1v) is 6.98. The first-order chi connectivity index (χ1) is 10.0. The lowest BCUT2D eigenvalue weighted by Crippen LogP contribution is -2.22. The van der Waals surface area contributed by atoms with Gasteiger partial charge in [0.05, 0.1) is 0 Å². The molecule has 0 amide bonds. The molecule has 2 N–H and O–H groups in total. The molecule has 0 aliphatic heterocycles. The van der Waals surface area contributed by atoms with Crippen LogP contribution in [0.15, 0.2) is 36.4 Å². The summed E-state index contributed by atoms with van der Waals surface area (Å²) >= 11 is 0. The maximum absolute atomic E-state index is 14.0. The van der Waals surface area contributed by atoms with Gasteiger partial charge in [-0.05, 0) is 55.7 Å². The van der Waals surface area contributed by atoms with Crippen LogP contribution in [0.2, 0.25) is 0 Å². The summed E-state index contributed by atoms with van der Waals surface area (Å²) in [5.74, 6) is 0.265. The van der Waals surface area contributed by atoms with Crippen LogP contribution < -0.4 is 10.5 Å². The fraction of sp³-hybridized carbons (Fsp3) is 0.294. The molecule has 0 saturated carbocycles. The van der Waals surface area contributed by atoms with E-state index in [1.54, 1.807) is 25.1 Å². The van der Waals surface area contributed by atoms with Gasteiger partial charge >= 0.3 is 0 Å². The van der Waals surface area contributed by atoms with Gasteiger partial charge in [0.2, 0.25) is 0 Å². The maximum atomic E-state index is 14.0. The van der Waals surface area contributed by atoms with Crippen LogP contribution in [0, 0.1) is 18.6 Å². The molecule has 1 atom stereocenters. The number of benzene rings is 2. The number of halogens is 2. The molecule has 2 aromatic carbocycles. The highest BCUT2D eigenvalue weighted by molar-refractivity contribution is 5.40. The summed E-state index contributed by atoms with van der Waals surface area (Å²) in [7, 11) is 0. The number of aryl methyl sites for hydroxylation is 1. The van der Waals surface area contributed by atoms with Gasteiger partial charge < -0.3 is 10.5 Å². The minimum Gasteiger partial charge on any atom is -0.457 e. The number of rotatable bonds is 5. The monoisotopic (exact) mass is 291 g/mol. The third kappa shape index (κ3) is 3.79. The van der Waals surface area contributed by atoms with Crippen LogP contribution in [-0.4, -0.2) is 6.04 Å². The fourth-order valence-corrected chi connectivity index (χ4v) is 2.05. The van der Waals surface area contributed by atoms with Crippen molar-refractivity contribution in [1.29, 1.82) is 0 Å². The van der Waals surface area contributed by atoms with Crippen LogP contribution in [0.4, 0.5) is 8.78 Å². The minimum atomic E-state index is -0.338. The van der Waals surface area contributed by atoms with Crippen molar-refractivity contribution in [3.63, 3.8) is 0 Å². The Balaban J connectivity index is 2.30. The fourth-order valence-electron chi connectivity index (χ4n) is 2.05. The summed E-state index contributed by atoms with van der Waals surface area (Å²) in [5, 5.41) is 0. The first-order valence-electron chi connectivity index (χ1n) is 6.98. The quantitative estimate of drug-likeness (QED) is 0.889. The summed E-state index contributed by atoms with van der Waals surface area (Å²) in [6.45, 7) is 3.61. The lowest BCUT2D eigenvalue weighted by atomic mass is 10.0. The van der Waals surface area contributed by atoms with Crippen molar-refractivity contribution < 1.29 is 13.5 Å². The van der Waals surface area contributed by atoms with Gasteiger partial charge in [0, 0.05) is 11.6 Å². The van der Waals surface area contributed by atoms with Crippen molar-refractivity contribution >= 4 is 0 Å². The van der Waals surface area contributed by atoms with Crippen LogP contribution in [0.3, 0.4) is 0 Å². The Bertz CT molecular complexity index is 628. The zero-order chi connectivity index (χ0) is 15.4. The average molecular weight is 291 g/mol. The van der Waals surface area contributed by atoms with Crippen molar-refractivity contribution in [3.8, 4) is 11.5 Å². The molecule has 112 valence electrons. The normalized spacial score (nSPS) is 12.2. The predicted octanol–water partition coefficient (Wildman–Crippen LogP) is 4.35. The van der Waals surface area contributed by atoms with Crippen LogP contribution in [0.25, 0.3) is 0 Å². The van der Waals surface area contributed by atoms with Crippen molar-refractivity contribution in [2.75, 3.05) is 0 Å². The summed E-state index contributed by atoms with van der Waals surface area (Å²) in [5.41, 5.74) is 6.84. The SMILES string of the molecule is CCC(N)Cc1c(F)cccc1Oc1ccc(F)c(C)c1. The van der Waals surface area contributed by atoms with Crippen molar-refractivity contribution in [2.45, 2.75) is 32.7 Å². The molecule has 0 heterocycles. The van der Waals surface area contributed by atoms with E-state index >= 15 is 0 Å². The molecule has 0 saturated heterocycles. The number of hydrogen-bond acceptors (Lipinski definition) is 2. The molecule has 2 aromatic rings. The van der Waals surface area contributed by atoms with Gasteiger partial charge in [-0.25, -0.2) is 8.78 Å². The molecule has 0 aliphatic carbocycles. The van der Waals surface area contributed by atoms with Crippen molar-refractivity contribution in [2.24, 2.45) is 5.73 Å². The molecule has 4 heteroatoms. The average Bonchev–Trinajstić information content (AvgIpc) is 2.46. The van der Waals surface area contributed by atoms with Gasteiger partial charge in [0.1, 0.15) is 23.1 Å². The Morgan fingerprint density at radius 1 is 1.14 bits per heavy atom. The number of ether oxygens (including phenoxy) is 1. The summed E-state index contributed by atoms with van der Waals surface area (Å²) < 4.78 is 33.0. The van der Waals surface area contributed by atoms with Crippen molar-refractivity contribution in [3.05, 3.63) is 59.2 Å². The van der Waals surface area contributed by atoms with Crippen LogP contribution >= 0.6 is 0 Å². The van der Waals surface area contributed by atoms with Gasteiger partial charge in [0.25, 0.3) is 0 Å². The van der Waals surface area contributed by atoms with E-state index < -0.39 is 0 Å². The Morgan fingerprint density at radius 3 is 2.57 bits per heavy atom. The van der Waals surface area contributed by atoms with E-state index in [2.05, 4.69) is 0 Å². The number of hydrogen-bond donors (Lipinski definition) is 1. The standard InChI is InChI=1S/C17H19F2NO/c1-3-12(20)10-14-16(19)5-4-6-17(14)21-13-7-8-15(18)11(2)9-13/h4-9,12H,3,10,20H2,1-2H3. The molecule has 0 bridgehead atoms. The van der Waals surface area contributed by atoms with Crippen LogP contribution in [0.5, 0.6) is 11.5 Å². The second-order valence-electron chi connectivity index (χ2n) is 5.10. The maximum Gasteiger partial charge on any atom is 0.133 e. The second-order valence-corrected chi connectivity index (χ2v) is 5.10. The Morgan fingerprint density at radius 2 is 1.90 bits per heavy atom. The Hall–Kier alpha value is -1.94. The topological polar surface area (TPSA) is 35.2 Å². The molecule has 21 heavy (non-hydrogen) atoms. The van der Waals surface area contributed by atoms with Gasteiger partial charge in [0.15, 0.2) is 0 Å². The molecule has 0 spiro atoms. The highest BCUT2D eigenvalue weighted by Crippen LogP contribution is 2.29. The molecule has 0 radical (unpaired) electrons. The highest BCUT2D eigenvalue weighted by atomic mass is 19.1.